The number of pyridine rings is 2. The molecule has 0 radical (unpaired) electrons. The summed E-state index contributed by atoms with van der Waals surface area (Å²) >= 11 is 5.97. The molecule has 0 aliphatic carbocycles. The lowest BCUT2D eigenvalue weighted by molar-refractivity contribution is 0.0435. The van der Waals surface area contributed by atoms with Crippen molar-refractivity contribution in [1.82, 2.24) is 25.1 Å². The Kier molecular flexibility index (Phi) is 16.3. The number of piperazine rings is 2. The second-order valence-corrected chi connectivity index (χ2v) is 15.3. The lowest BCUT2D eigenvalue weighted by atomic mass is 9.95. The molecule has 1 aromatic carbocycles. The molecule has 1 N–H and O–H groups in total. The molecule has 3 fully saturated rings. The summed E-state index contributed by atoms with van der Waals surface area (Å²) in [5.41, 5.74) is 5.30. The van der Waals surface area contributed by atoms with Crippen molar-refractivity contribution >= 4 is 53.2 Å². The number of nitrogens with one attached hydrogen (secondary N) is 1. The van der Waals surface area contributed by atoms with Crippen LogP contribution < -0.4 is 15.1 Å². The Hall–Kier alpha value is -3.97. The van der Waals surface area contributed by atoms with Gasteiger partial charge in [-0.15, -0.1) is 12.4 Å². The number of hydrogen-bond donors (Lipinski definition) is 1. The summed E-state index contributed by atoms with van der Waals surface area (Å²) in [6.45, 7) is 18.2. The first-order valence-corrected chi connectivity index (χ1v) is 20.0. The molecule has 0 unspecified atom stereocenters. The van der Waals surface area contributed by atoms with Crippen molar-refractivity contribution in [2.45, 2.75) is 97.4 Å². The van der Waals surface area contributed by atoms with Crippen LogP contribution >= 0.6 is 24.0 Å². The monoisotopic (exact) mass is 811 g/mol. The van der Waals surface area contributed by atoms with Crippen LogP contribution in [-0.4, -0.2) is 121 Å². The third-order valence-corrected chi connectivity index (χ3v) is 11.6. The van der Waals surface area contributed by atoms with E-state index in [-0.39, 0.29) is 24.3 Å². The Morgan fingerprint density at radius 3 is 1.79 bits per heavy atom. The molecule has 6 rings (SSSR count). The van der Waals surface area contributed by atoms with Gasteiger partial charge in [0.05, 0.1) is 37.0 Å². The van der Waals surface area contributed by atoms with Crippen LogP contribution in [0.1, 0.15) is 96.1 Å². The van der Waals surface area contributed by atoms with Crippen LogP contribution in [0.5, 0.6) is 0 Å². The largest absolute Gasteiger partial charge is 0.464 e. The molecule has 0 saturated carbocycles. The van der Waals surface area contributed by atoms with Crippen LogP contribution in [0.3, 0.4) is 0 Å². The number of carbonyl (C=O) groups excluding carboxylic acids is 3. The number of likely N-dealkylation sites (tertiary alicyclic amines) is 1. The first-order chi connectivity index (χ1) is 26.4. The van der Waals surface area contributed by atoms with Gasteiger partial charge in [0.15, 0.2) is 0 Å². The van der Waals surface area contributed by atoms with E-state index in [1.165, 1.54) is 14.2 Å². The van der Waals surface area contributed by atoms with E-state index in [0.29, 0.717) is 52.2 Å². The standard InChI is InChI=1S/C27H35ClN4O3.C15H23N3O2.ClH/c1-5-22-17-31(25-11-10-24(27(34)35-4)29-19(25)3)18(2)16-32(22)23-12-14-30(15-13-23)26(33)20-6-8-21(28)9-7-20;1-5-12-9-18(10(2)8-16-12)14-7-6-13(15(19)20-4)17-11(14)3;/h6-11,18,22-23H,5,12-17H2,1-4H3;6-7,10,12,16H,5,8-9H2,1-4H3;1H/t18-,22+;10-,12+;/m11./s1. The second kappa shape index (κ2) is 20.5. The molecule has 12 nitrogen and oxygen atoms in total. The van der Waals surface area contributed by atoms with Crippen molar-refractivity contribution in [2.75, 3.05) is 63.3 Å². The molecule has 0 bridgehead atoms. The topological polar surface area (TPSA) is 120 Å². The smallest absolute Gasteiger partial charge is 0.356 e. The molecule has 306 valence electrons. The molecule has 3 aromatic rings. The van der Waals surface area contributed by atoms with E-state index in [1.807, 2.05) is 30.9 Å². The number of rotatable bonds is 8. The normalized spacial score (nSPS) is 21.7. The highest BCUT2D eigenvalue weighted by molar-refractivity contribution is 6.30. The lowest BCUT2D eigenvalue weighted by Gasteiger charge is -2.51. The predicted octanol–water partition coefficient (Wildman–Crippen LogP) is 6.60. The first kappa shape index (κ1) is 44.7. The summed E-state index contributed by atoms with van der Waals surface area (Å²) in [5.74, 6) is -0.715. The van der Waals surface area contributed by atoms with Gasteiger partial charge in [0.2, 0.25) is 0 Å². The summed E-state index contributed by atoms with van der Waals surface area (Å²) in [6, 6.07) is 16.8. The van der Waals surface area contributed by atoms with Gasteiger partial charge in [-0.1, -0.05) is 25.4 Å². The van der Waals surface area contributed by atoms with Crippen LogP contribution in [0.25, 0.3) is 0 Å². The highest BCUT2D eigenvalue weighted by Gasteiger charge is 2.37. The summed E-state index contributed by atoms with van der Waals surface area (Å²) in [6.07, 6.45) is 4.13. The molecular formula is C42H59Cl2N7O5. The molecule has 2 aromatic heterocycles. The molecule has 56 heavy (non-hydrogen) atoms. The van der Waals surface area contributed by atoms with Gasteiger partial charge in [0.25, 0.3) is 5.91 Å². The number of benzene rings is 1. The number of anilines is 2. The van der Waals surface area contributed by atoms with E-state index in [1.54, 1.807) is 36.4 Å². The molecular weight excluding hydrogens is 753 g/mol. The number of carbonyl (C=O) groups is 3. The van der Waals surface area contributed by atoms with Gasteiger partial charge >= 0.3 is 11.9 Å². The van der Waals surface area contributed by atoms with Crippen molar-refractivity contribution < 1.29 is 23.9 Å². The first-order valence-electron chi connectivity index (χ1n) is 19.6. The Morgan fingerprint density at radius 2 is 1.30 bits per heavy atom. The Morgan fingerprint density at radius 1 is 0.768 bits per heavy atom. The van der Waals surface area contributed by atoms with Crippen molar-refractivity contribution in [3.05, 3.63) is 81.9 Å². The third kappa shape index (κ3) is 10.5. The number of aromatic nitrogens is 2. The SMILES string of the molecule is CC[C@H]1CN(c2ccc(C(=O)OC)nc2C)[C@H](C)CN1.CC[C@H]1CN(c2ccc(C(=O)OC)nc2C)[C@H](C)CN1C1CCN(C(=O)c2ccc(Cl)cc2)CC1.Cl. The molecule has 3 saturated heterocycles. The maximum absolute atomic E-state index is 12.9. The van der Waals surface area contributed by atoms with E-state index >= 15 is 0 Å². The fourth-order valence-corrected chi connectivity index (χ4v) is 8.20. The minimum absolute atomic E-state index is 0. The van der Waals surface area contributed by atoms with Crippen LogP contribution in [0.4, 0.5) is 11.4 Å². The molecule has 1 amide bonds. The number of amides is 1. The molecule has 14 heteroatoms. The minimum Gasteiger partial charge on any atom is -0.464 e. The number of methoxy groups -OCH3 is 2. The summed E-state index contributed by atoms with van der Waals surface area (Å²) in [4.78, 5) is 54.6. The number of nitrogens with zero attached hydrogens (tertiary/aromatic N) is 6. The van der Waals surface area contributed by atoms with E-state index in [9.17, 15) is 14.4 Å². The molecule has 5 heterocycles. The highest BCUT2D eigenvalue weighted by atomic mass is 35.5. The number of hydrogen-bond acceptors (Lipinski definition) is 11. The highest BCUT2D eigenvalue weighted by Crippen LogP contribution is 2.31. The fourth-order valence-electron chi connectivity index (χ4n) is 8.08. The zero-order chi connectivity index (χ0) is 39.8. The average molecular weight is 813 g/mol. The number of aryl methyl sites for hydroxylation is 2. The average Bonchev–Trinajstić information content (AvgIpc) is 3.20. The summed E-state index contributed by atoms with van der Waals surface area (Å²) in [5, 5.41) is 4.18. The van der Waals surface area contributed by atoms with E-state index in [0.717, 1.165) is 87.7 Å². The molecule has 4 atom stereocenters. The number of piperidine rings is 1. The number of esters is 2. The van der Waals surface area contributed by atoms with Crippen LogP contribution in [0.2, 0.25) is 5.02 Å². The van der Waals surface area contributed by atoms with Gasteiger partial charge in [0, 0.05) is 80.1 Å². The lowest BCUT2D eigenvalue weighted by Crippen LogP contribution is -2.61. The molecule has 0 spiro atoms. The zero-order valence-corrected chi connectivity index (χ0v) is 35.7. The number of halogens is 2. The zero-order valence-electron chi connectivity index (χ0n) is 34.1. The van der Waals surface area contributed by atoms with Gasteiger partial charge in [-0.2, -0.15) is 0 Å². The van der Waals surface area contributed by atoms with E-state index < -0.39 is 5.97 Å². The van der Waals surface area contributed by atoms with Gasteiger partial charge in [-0.3, -0.25) is 9.69 Å². The summed E-state index contributed by atoms with van der Waals surface area (Å²) < 4.78 is 9.52. The van der Waals surface area contributed by atoms with Gasteiger partial charge in [-0.05, 0) is 102 Å². The number of ether oxygens (including phenoxy) is 2. The van der Waals surface area contributed by atoms with E-state index in [2.05, 4.69) is 57.7 Å². The van der Waals surface area contributed by atoms with Crippen LogP contribution in [-0.2, 0) is 9.47 Å². The Bertz CT molecular complexity index is 1790. The fraction of sp³-hybridized carbons (Fsp3) is 0.548. The van der Waals surface area contributed by atoms with Gasteiger partial charge < -0.3 is 29.5 Å². The van der Waals surface area contributed by atoms with Gasteiger partial charge in [-0.25, -0.2) is 19.6 Å². The minimum atomic E-state index is -0.412. The van der Waals surface area contributed by atoms with Crippen molar-refractivity contribution in [1.29, 1.82) is 0 Å². The molecule has 3 aliphatic heterocycles. The molecule has 3 aliphatic rings. The van der Waals surface area contributed by atoms with Crippen molar-refractivity contribution in [3.63, 3.8) is 0 Å². The van der Waals surface area contributed by atoms with E-state index in [4.69, 9.17) is 21.1 Å². The summed E-state index contributed by atoms with van der Waals surface area (Å²) in [7, 11) is 2.75. The van der Waals surface area contributed by atoms with Crippen molar-refractivity contribution in [2.24, 2.45) is 0 Å². The maximum atomic E-state index is 12.9. The van der Waals surface area contributed by atoms with Crippen LogP contribution in [0, 0.1) is 13.8 Å². The predicted molar refractivity (Wildman–Crippen MR) is 225 cm³/mol. The van der Waals surface area contributed by atoms with Crippen LogP contribution in [0.15, 0.2) is 48.5 Å². The third-order valence-electron chi connectivity index (χ3n) is 11.3. The maximum Gasteiger partial charge on any atom is 0.356 e. The Labute approximate surface area is 343 Å². The Balaban J connectivity index is 0.000000282. The van der Waals surface area contributed by atoms with Crippen molar-refractivity contribution in [3.8, 4) is 0 Å². The quantitative estimate of drug-likeness (QED) is 0.248. The van der Waals surface area contributed by atoms with Gasteiger partial charge in [0.1, 0.15) is 11.4 Å². The second-order valence-electron chi connectivity index (χ2n) is 14.9.